The van der Waals surface area contributed by atoms with Gasteiger partial charge in [-0.15, -0.1) is 5.10 Å². The van der Waals surface area contributed by atoms with Gasteiger partial charge in [-0.25, -0.2) is 4.68 Å². The normalized spacial score (nSPS) is 11.5. The number of nitrogens with two attached hydrogens (primary N) is 2. The Morgan fingerprint density at radius 1 is 1.14 bits per heavy atom. The van der Waals surface area contributed by atoms with Crippen molar-refractivity contribution in [3.8, 4) is 17.5 Å². The summed E-state index contributed by atoms with van der Waals surface area (Å²) in [4.78, 5) is 24.2. The molecule has 1 aliphatic rings. The number of pyridine rings is 1. The van der Waals surface area contributed by atoms with Crippen LogP contribution in [0.1, 0.15) is 41.9 Å². The Balaban J connectivity index is 0.000000197. The number of aryl methyl sites for hydroxylation is 1. The van der Waals surface area contributed by atoms with Crippen LogP contribution in [0.4, 0.5) is 11.6 Å². The molecule has 0 bridgehead atoms. The number of hydrogen-bond acceptors (Lipinski definition) is 5. The van der Waals surface area contributed by atoms with Gasteiger partial charge in [-0.05, 0) is 42.1 Å². The van der Waals surface area contributed by atoms with E-state index < -0.39 is 5.91 Å². The number of carbonyl (C=O) groups is 1. The number of anilines is 2. The molecule has 0 unspecified atom stereocenters. The van der Waals surface area contributed by atoms with E-state index in [1.165, 1.54) is 4.68 Å². The number of rotatable bonds is 3. The number of nitrogens with one attached hydrogen (secondary N) is 1. The summed E-state index contributed by atoms with van der Waals surface area (Å²) >= 11 is 0. The lowest BCUT2D eigenvalue weighted by molar-refractivity contribution is 0.100. The van der Waals surface area contributed by atoms with Crippen molar-refractivity contribution in [1.82, 2.24) is 14.3 Å². The number of benzene rings is 2. The summed E-state index contributed by atoms with van der Waals surface area (Å²) in [5.41, 5.74) is 13.6. The molecule has 0 atom stereocenters. The van der Waals surface area contributed by atoms with Gasteiger partial charge in [0.05, 0.1) is 5.39 Å². The number of hydrogen-bond donors (Lipinski definition) is 3. The Hall–Kier alpha value is -4.77. The minimum atomic E-state index is -0.568. The van der Waals surface area contributed by atoms with Gasteiger partial charge in [0.2, 0.25) is 0 Å². The third kappa shape index (κ3) is 4.72. The molecule has 5 N–H and O–H groups in total. The molecule has 0 radical (unpaired) electrons. The highest BCUT2D eigenvalue weighted by atomic mass is 16.1. The second-order valence-corrected chi connectivity index (χ2v) is 8.07. The number of primary amides is 1. The standard InChI is InChI=1S/C21H19NO.C7H9N5O/c1-3-5-10-16-11-9-12-17-15-18(4-2)22(21(23)20(16)17)19-13-7-6-8-14-19;8-5-4(6(9)13)7-10-2-1-3-12(7)11-5/h6-9,11-15H,3-4H2,1-2H3;1,3,10H,2H2,(H2,8,11)(H2,9,13). The van der Waals surface area contributed by atoms with Crippen molar-refractivity contribution in [3.05, 3.63) is 87.8 Å². The van der Waals surface area contributed by atoms with Crippen LogP contribution in [0, 0.1) is 11.8 Å². The van der Waals surface area contributed by atoms with Crippen molar-refractivity contribution in [2.45, 2.75) is 26.7 Å². The number of fused-ring (bicyclic) bond motifs is 2. The van der Waals surface area contributed by atoms with Crippen molar-refractivity contribution in [1.29, 1.82) is 0 Å². The van der Waals surface area contributed by atoms with Gasteiger partial charge >= 0.3 is 0 Å². The van der Waals surface area contributed by atoms with Gasteiger partial charge in [0.15, 0.2) is 5.82 Å². The fourth-order valence-electron chi connectivity index (χ4n) is 4.10. The summed E-state index contributed by atoms with van der Waals surface area (Å²) in [6.07, 6.45) is 5.17. The highest BCUT2D eigenvalue weighted by Crippen LogP contribution is 2.23. The maximum absolute atomic E-state index is 13.2. The summed E-state index contributed by atoms with van der Waals surface area (Å²) in [7, 11) is 0. The van der Waals surface area contributed by atoms with E-state index in [4.69, 9.17) is 11.5 Å². The molecule has 8 heteroatoms. The van der Waals surface area contributed by atoms with E-state index in [2.05, 4.69) is 35.2 Å². The van der Waals surface area contributed by atoms with Crippen molar-refractivity contribution in [2.75, 3.05) is 17.6 Å². The first kappa shape index (κ1) is 24.4. The van der Waals surface area contributed by atoms with Crippen molar-refractivity contribution in [3.63, 3.8) is 0 Å². The molecule has 0 aliphatic carbocycles. The monoisotopic (exact) mass is 480 g/mol. The zero-order valence-electron chi connectivity index (χ0n) is 20.3. The fourth-order valence-corrected chi connectivity index (χ4v) is 4.10. The zero-order valence-corrected chi connectivity index (χ0v) is 20.3. The third-order valence-corrected chi connectivity index (χ3v) is 5.72. The molecule has 36 heavy (non-hydrogen) atoms. The molecular formula is C28H28N6O2. The molecule has 3 heterocycles. The fraction of sp³-hybridized carbons (Fsp3) is 0.179. The molecule has 4 aromatic rings. The van der Waals surface area contributed by atoms with Crippen LogP contribution in [-0.2, 0) is 6.42 Å². The van der Waals surface area contributed by atoms with Crippen LogP contribution < -0.4 is 22.3 Å². The van der Waals surface area contributed by atoms with Gasteiger partial charge in [-0.2, -0.15) is 0 Å². The maximum Gasteiger partial charge on any atom is 0.264 e. The Labute approximate surface area is 209 Å². The van der Waals surface area contributed by atoms with E-state index >= 15 is 0 Å². The van der Waals surface area contributed by atoms with E-state index in [0.717, 1.165) is 35.2 Å². The molecule has 0 saturated heterocycles. The van der Waals surface area contributed by atoms with Gasteiger partial charge < -0.3 is 16.8 Å². The van der Waals surface area contributed by atoms with E-state index in [1.54, 1.807) is 10.8 Å². The van der Waals surface area contributed by atoms with Crippen LogP contribution in [0.2, 0.25) is 0 Å². The van der Waals surface area contributed by atoms with Crippen LogP contribution >= 0.6 is 0 Å². The van der Waals surface area contributed by atoms with Gasteiger partial charge in [-0.3, -0.25) is 14.2 Å². The van der Waals surface area contributed by atoms with Gasteiger partial charge in [0.25, 0.3) is 11.5 Å². The SMILES string of the molecule is CCC#Cc1cccc2cc(CC)n(-c3ccccc3)c(=O)c12.NC(=O)c1c(N)nn2c1NCC=C2. The highest BCUT2D eigenvalue weighted by molar-refractivity contribution is 6.02. The van der Waals surface area contributed by atoms with E-state index in [0.29, 0.717) is 17.7 Å². The van der Waals surface area contributed by atoms with Crippen LogP contribution in [-0.4, -0.2) is 26.8 Å². The molecule has 5 rings (SSSR count). The summed E-state index contributed by atoms with van der Waals surface area (Å²) in [5, 5.41) is 8.55. The third-order valence-electron chi connectivity index (χ3n) is 5.72. The molecule has 1 aliphatic heterocycles. The van der Waals surface area contributed by atoms with Crippen molar-refractivity contribution < 1.29 is 4.79 Å². The molecule has 0 saturated carbocycles. The van der Waals surface area contributed by atoms with Crippen molar-refractivity contribution in [2.24, 2.45) is 5.73 Å². The van der Waals surface area contributed by atoms with Crippen LogP contribution in [0.3, 0.4) is 0 Å². The molecule has 2 aromatic carbocycles. The predicted octanol–water partition coefficient (Wildman–Crippen LogP) is 3.78. The first-order valence-electron chi connectivity index (χ1n) is 11.8. The van der Waals surface area contributed by atoms with Gasteiger partial charge in [-0.1, -0.05) is 56.0 Å². The number of amides is 1. The lowest BCUT2D eigenvalue weighted by atomic mass is 10.0. The maximum atomic E-state index is 13.2. The quantitative estimate of drug-likeness (QED) is 0.386. The number of carbonyl (C=O) groups excluding carboxylic acids is 1. The molecule has 2 aromatic heterocycles. The lowest BCUT2D eigenvalue weighted by Gasteiger charge is -2.14. The average Bonchev–Trinajstić information content (AvgIpc) is 3.24. The largest absolute Gasteiger partial charge is 0.381 e. The number of nitrogen functional groups attached to an aromatic ring is 1. The molecule has 0 spiro atoms. The van der Waals surface area contributed by atoms with Crippen LogP contribution in [0.25, 0.3) is 22.7 Å². The minimum absolute atomic E-state index is 0.00607. The second kappa shape index (κ2) is 10.7. The summed E-state index contributed by atoms with van der Waals surface area (Å²) < 4.78 is 3.30. The Morgan fingerprint density at radius 2 is 1.92 bits per heavy atom. The molecule has 182 valence electrons. The summed E-state index contributed by atoms with van der Waals surface area (Å²) in [6.45, 7) is 4.72. The number of para-hydroxylation sites is 1. The summed E-state index contributed by atoms with van der Waals surface area (Å²) in [5.74, 6) is 6.35. The first-order valence-corrected chi connectivity index (χ1v) is 11.8. The topological polar surface area (TPSA) is 121 Å². The van der Waals surface area contributed by atoms with Crippen molar-refractivity contribution >= 4 is 34.5 Å². The van der Waals surface area contributed by atoms with Gasteiger partial charge in [0.1, 0.15) is 11.4 Å². The highest BCUT2D eigenvalue weighted by Gasteiger charge is 2.20. The predicted molar refractivity (Wildman–Crippen MR) is 145 cm³/mol. The number of aromatic nitrogens is 3. The second-order valence-electron chi connectivity index (χ2n) is 8.07. The van der Waals surface area contributed by atoms with Crippen LogP contribution in [0.15, 0.2) is 65.5 Å². The average molecular weight is 481 g/mol. The smallest absolute Gasteiger partial charge is 0.264 e. The zero-order chi connectivity index (χ0) is 25.7. The molecule has 1 amide bonds. The Bertz CT molecular complexity index is 1570. The Morgan fingerprint density at radius 3 is 2.61 bits per heavy atom. The van der Waals surface area contributed by atoms with E-state index in [1.807, 2.05) is 61.5 Å². The first-order chi connectivity index (χ1) is 17.5. The van der Waals surface area contributed by atoms with Crippen LogP contribution in [0.5, 0.6) is 0 Å². The lowest BCUT2D eigenvalue weighted by Crippen LogP contribution is -2.22. The summed E-state index contributed by atoms with van der Waals surface area (Å²) in [6, 6.07) is 17.8. The molecular weight excluding hydrogens is 452 g/mol. The number of nitrogens with zero attached hydrogens (tertiary/aromatic N) is 3. The minimum Gasteiger partial charge on any atom is -0.381 e. The molecule has 0 fully saturated rings. The van der Waals surface area contributed by atoms with E-state index in [-0.39, 0.29) is 16.9 Å². The van der Waals surface area contributed by atoms with Gasteiger partial charge in [0, 0.05) is 36.1 Å². The molecule has 8 nitrogen and oxygen atoms in total. The van der Waals surface area contributed by atoms with E-state index in [9.17, 15) is 9.59 Å². The Kier molecular flexibility index (Phi) is 7.21.